The predicted octanol–water partition coefficient (Wildman–Crippen LogP) is 3.39. The first-order valence-corrected chi connectivity index (χ1v) is 6.75. The molecule has 0 radical (unpaired) electrons. The lowest BCUT2D eigenvalue weighted by molar-refractivity contribution is -0.384. The highest BCUT2D eigenvalue weighted by atomic mass is 35.5. The number of thiocarbonyl (C=S) groups is 1. The van der Waals surface area contributed by atoms with Gasteiger partial charge < -0.3 is 5.32 Å². The zero-order valence-corrected chi connectivity index (χ0v) is 12.1. The molecule has 0 unspecified atom stereocenters. The van der Waals surface area contributed by atoms with Gasteiger partial charge in [0.15, 0.2) is 0 Å². The molecule has 1 aliphatic rings. The predicted molar refractivity (Wildman–Crippen MR) is 79.4 cm³/mol. The third-order valence-electron chi connectivity index (χ3n) is 2.22. The summed E-state index contributed by atoms with van der Waals surface area (Å²) in [5.74, 6) is -0.381. The van der Waals surface area contributed by atoms with Crippen LogP contribution in [0, 0.1) is 10.1 Å². The van der Waals surface area contributed by atoms with Gasteiger partial charge in [-0.25, -0.2) is 0 Å². The van der Waals surface area contributed by atoms with Gasteiger partial charge in [-0.1, -0.05) is 47.2 Å². The van der Waals surface area contributed by atoms with Crippen molar-refractivity contribution < 1.29 is 9.72 Å². The standard InChI is InChI=1S/C10H4Cl2N2O3S2/c11-5-1-2-6(14(16)17)8(12)4(5)3-7-9(15)13-10(18)19-7/h1-3H,(H,13,15,18)/b7-3+. The lowest BCUT2D eigenvalue weighted by Gasteiger charge is -2.03. The first kappa shape index (κ1) is 14.3. The molecule has 1 aliphatic heterocycles. The number of rotatable bonds is 2. The number of hydrogen-bond acceptors (Lipinski definition) is 5. The average molecular weight is 335 g/mol. The van der Waals surface area contributed by atoms with E-state index in [9.17, 15) is 14.9 Å². The fourth-order valence-electron chi connectivity index (χ4n) is 1.38. The average Bonchev–Trinajstić information content (AvgIpc) is 2.62. The van der Waals surface area contributed by atoms with Gasteiger partial charge in [0.25, 0.3) is 11.6 Å². The number of benzene rings is 1. The number of nitro benzene ring substituents is 1. The number of carbonyl (C=O) groups excluding carboxylic acids is 1. The minimum Gasteiger partial charge on any atom is -0.307 e. The highest BCUT2D eigenvalue weighted by molar-refractivity contribution is 8.26. The lowest BCUT2D eigenvalue weighted by Crippen LogP contribution is -2.17. The Balaban J connectivity index is 2.54. The van der Waals surface area contributed by atoms with E-state index in [2.05, 4.69) is 5.32 Å². The Morgan fingerprint density at radius 2 is 2.11 bits per heavy atom. The molecule has 0 spiro atoms. The van der Waals surface area contributed by atoms with Crippen molar-refractivity contribution in [3.8, 4) is 0 Å². The van der Waals surface area contributed by atoms with E-state index in [4.69, 9.17) is 35.4 Å². The van der Waals surface area contributed by atoms with E-state index in [-0.39, 0.29) is 32.1 Å². The number of thioether (sulfide) groups is 1. The normalized spacial score (nSPS) is 16.8. The topological polar surface area (TPSA) is 72.2 Å². The van der Waals surface area contributed by atoms with Crippen LogP contribution >= 0.6 is 47.2 Å². The van der Waals surface area contributed by atoms with Gasteiger partial charge in [0.2, 0.25) is 0 Å². The number of carbonyl (C=O) groups is 1. The van der Waals surface area contributed by atoms with Crippen molar-refractivity contribution in [3.63, 3.8) is 0 Å². The monoisotopic (exact) mass is 334 g/mol. The Labute approximate surface area is 127 Å². The molecule has 5 nitrogen and oxygen atoms in total. The number of halogens is 2. The molecule has 1 N–H and O–H groups in total. The summed E-state index contributed by atoms with van der Waals surface area (Å²) >= 11 is 17.8. The SMILES string of the molecule is O=C1NC(=S)S/C1=C/c1c(Cl)ccc([N+](=O)[O-])c1Cl. The minimum atomic E-state index is -0.618. The molecule has 0 atom stereocenters. The largest absolute Gasteiger partial charge is 0.307 e. The molecular formula is C10H4Cl2N2O3S2. The van der Waals surface area contributed by atoms with Crippen LogP contribution in [0.15, 0.2) is 17.0 Å². The summed E-state index contributed by atoms with van der Waals surface area (Å²) in [6.45, 7) is 0. The van der Waals surface area contributed by atoms with Crippen LogP contribution in [0.25, 0.3) is 6.08 Å². The summed E-state index contributed by atoms with van der Waals surface area (Å²) < 4.78 is 0.314. The van der Waals surface area contributed by atoms with Gasteiger partial charge in [-0.3, -0.25) is 14.9 Å². The van der Waals surface area contributed by atoms with Crippen molar-refractivity contribution in [2.45, 2.75) is 0 Å². The molecular weight excluding hydrogens is 331 g/mol. The summed E-state index contributed by atoms with van der Waals surface area (Å²) in [6, 6.07) is 2.56. The number of nitrogens with zero attached hydrogens (tertiary/aromatic N) is 1. The lowest BCUT2D eigenvalue weighted by atomic mass is 10.2. The maximum absolute atomic E-state index is 11.5. The zero-order valence-electron chi connectivity index (χ0n) is 8.98. The molecule has 1 saturated heterocycles. The van der Waals surface area contributed by atoms with Crippen molar-refractivity contribution in [1.82, 2.24) is 5.32 Å². The maximum Gasteiger partial charge on any atom is 0.288 e. The van der Waals surface area contributed by atoms with Crippen LogP contribution in [0.5, 0.6) is 0 Å². The highest BCUT2D eigenvalue weighted by Crippen LogP contribution is 2.36. The molecule has 19 heavy (non-hydrogen) atoms. The fraction of sp³-hybridized carbons (Fsp3) is 0. The summed E-state index contributed by atoms with van der Waals surface area (Å²) in [4.78, 5) is 22.0. The quantitative estimate of drug-likeness (QED) is 0.388. The van der Waals surface area contributed by atoms with E-state index in [0.717, 1.165) is 11.8 Å². The van der Waals surface area contributed by atoms with Crippen molar-refractivity contribution in [2.75, 3.05) is 0 Å². The van der Waals surface area contributed by atoms with Crippen molar-refractivity contribution in [3.05, 3.63) is 42.8 Å². The summed E-state index contributed by atoms with van der Waals surface area (Å²) in [5.41, 5.74) is -0.0521. The van der Waals surface area contributed by atoms with Crippen LogP contribution in [0.4, 0.5) is 5.69 Å². The fourth-order valence-corrected chi connectivity index (χ4v) is 2.96. The molecule has 0 bridgehead atoms. The Morgan fingerprint density at radius 3 is 2.63 bits per heavy atom. The van der Waals surface area contributed by atoms with Crippen LogP contribution in [0.2, 0.25) is 10.0 Å². The number of hydrogen-bond donors (Lipinski definition) is 1. The Bertz CT molecular complexity index is 646. The first-order chi connectivity index (χ1) is 8.90. The van der Waals surface area contributed by atoms with Gasteiger partial charge in [-0.2, -0.15) is 0 Å². The second kappa shape index (κ2) is 5.46. The van der Waals surface area contributed by atoms with E-state index in [1.807, 2.05) is 0 Å². The van der Waals surface area contributed by atoms with Crippen molar-refractivity contribution in [1.29, 1.82) is 0 Å². The molecule has 0 saturated carbocycles. The maximum atomic E-state index is 11.5. The van der Waals surface area contributed by atoms with E-state index in [1.165, 1.54) is 18.2 Å². The van der Waals surface area contributed by atoms with Gasteiger partial charge in [0, 0.05) is 16.7 Å². The zero-order chi connectivity index (χ0) is 14.2. The molecule has 1 amide bonds. The molecule has 1 heterocycles. The smallest absolute Gasteiger partial charge is 0.288 e. The van der Waals surface area contributed by atoms with E-state index < -0.39 is 4.92 Å². The Hall–Kier alpha value is -1.15. The second-order valence-corrected chi connectivity index (χ2v) is 5.91. The van der Waals surface area contributed by atoms with Gasteiger partial charge in [0.05, 0.1) is 9.83 Å². The minimum absolute atomic E-state index is 0.115. The van der Waals surface area contributed by atoms with E-state index in [1.54, 1.807) is 0 Å². The molecule has 9 heteroatoms. The van der Waals surface area contributed by atoms with Crippen LogP contribution in [0.3, 0.4) is 0 Å². The van der Waals surface area contributed by atoms with E-state index >= 15 is 0 Å². The number of nitro groups is 1. The van der Waals surface area contributed by atoms with Gasteiger partial charge in [0.1, 0.15) is 9.34 Å². The number of amides is 1. The van der Waals surface area contributed by atoms with Gasteiger partial charge >= 0.3 is 0 Å². The first-order valence-electron chi connectivity index (χ1n) is 4.77. The van der Waals surface area contributed by atoms with Crippen LogP contribution in [-0.4, -0.2) is 15.2 Å². The third-order valence-corrected chi connectivity index (χ3v) is 4.11. The third kappa shape index (κ3) is 2.89. The summed E-state index contributed by atoms with van der Waals surface area (Å²) in [7, 11) is 0. The summed E-state index contributed by atoms with van der Waals surface area (Å²) in [6.07, 6.45) is 1.39. The van der Waals surface area contributed by atoms with E-state index in [0.29, 0.717) is 4.32 Å². The summed E-state index contributed by atoms with van der Waals surface area (Å²) in [5, 5.41) is 13.3. The van der Waals surface area contributed by atoms with Crippen LogP contribution in [-0.2, 0) is 4.79 Å². The Morgan fingerprint density at radius 1 is 1.42 bits per heavy atom. The number of nitrogens with one attached hydrogen (secondary N) is 1. The molecule has 0 aliphatic carbocycles. The second-order valence-electron chi connectivity index (χ2n) is 3.40. The van der Waals surface area contributed by atoms with Gasteiger partial charge in [-0.05, 0) is 12.1 Å². The molecule has 1 fully saturated rings. The van der Waals surface area contributed by atoms with Crippen molar-refractivity contribution >= 4 is 69.2 Å². The molecule has 0 aromatic heterocycles. The van der Waals surface area contributed by atoms with Gasteiger partial charge in [-0.15, -0.1) is 0 Å². The van der Waals surface area contributed by atoms with Crippen LogP contribution < -0.4 is 5.32 Å². The highest BCUT2D eigenvalue weighted by Gasteiger charge is 2.24. The molecule has 1 aromatic rings. The van der Waals surface area contributed by atoms with Crippen molar-refractivity contribution in [2.24, 2.45) is 0 Å². The molecule has 1 aromatic carbocycles. The molecule has 98 valence electrons. The Kier molecular flexibility index (Phi) is 4.10. The van der Waals surface area contributed by atoms with Crippen LogP contribution in [0.1, 0.15) is 5.56 Å². The molecule has 2 rings (SSSR count).